The first-order valence-corrected chi connectivity index (χ1v) is 5.29. The van der Waals surface area contributed by atoms with Crippen molar-refractivity contribution in [2.75, 3.05) is 13.7 Å². The molecule has 1 aromatic carbocycles. The number of nitrogens with zero attached hydrogens (tertiary/aromatic N) is 1. The summed E-state index contributed by atoms with van der Waals surface area (Å²) in [4.78, 5) is 0. The van der Waals surface area contributed by atoms with Crippen LogP contribution in [0.5, 0.6) is 5.75 Å². The molecule has 0 aromatic heterocycles. The minimum Gasteiger partial charge on any atom is -0.496 e. The van der Waals surface area contributed by atoms with Gasteiger partial charge in [-0.25, -0.2) is 0 Å². The monoisotopic (exact) mass is 278 g/mol. The maximum absolute atomic E-state index is 12.1. The Hall–Kier alpha value is -1.45. The first-order valence-electron chi connectivity index (χ1n) is 4.91. The number of alkyl halides is 3. The lowest BCUT2D eigenvalue weighted by Crippen LogP contribution is -2.31. The molecule has 0 spiro atoms. The minimum absolute atomic E-state index is 0.176. The highest BCUT2D eigenvalue weighted by Crippen LogP contribution is 2.32. The molecular formula is C11H10ClF3N2O. The number of benzene rings is 1. The number of nitrogens with one attached hydrogen (secondary N) is 1. The Kier molecular flexibility index (Phi) is 4.82. The van der Waals surface area contributed by atoms with E-state index in [1.807, 2.05) is 0 Å². The molecule has 1 atom stereocenters. The SMILES string of the molecule is COc1cccc(Cl)c1C(C#N)NCC(F)(F)F. The summed E-state index contributed by atoms with van der Waals surface area (Å²) >= 11 is 5.88. The topological polar surface area (TPSA) is 45.0 Å². The minimum atomic E-state index is -4.40. The molecule has 18 heavy (non-hydrogen) atoms. The van der Waals surface area contributed by atoms with Crippen LogP contribution in [0.15, 0.2) is 18.2 Å². The highest BCUT2D eigenvalue weighted by atomic mass is 35.5. The quantitative estimate of drug-likeness (QED) is 0.921. The van der Waals surface area contributed by atoms with Crippen LogP contribution in [-0.4, -0.2) is 19.8 Å². The number of rotatable bonds is 4. The van der Waals surface area contributed by atoms with E-state index in [4.69, 9.17) is 21.6 Å². The zero-order chi connectivity index (χ0) is 13.8. The molecule has 0 bridgehead atoms. The van der Waals surface area contributed by atoms with E-state index in [0.29, 0.717) is 0 Å². The molecule has 1 aromatic rings. The maximum atomic E-state index is 12.1. The summed E-state index contributed by atoms with van der Waals surface area (Å²) in [6, 6.07) is 5.15. The van der Waals surface area contributed by atoms with Gasteiger partial charge in [-0.05, 0) is 12.1 Å². The van der Waals surface area contributed by atoms with E-state index >= 15 is 0 Å². The lowest BCUT2D eigenvalue weighted by Gasteiger charge is -2.17. The van der Waals surface area contributed by atoms with Crippen LogP contribution in [0, 0.1) is 11.3 Å². The van der Waals surface area contributed by atoms with Gasteiger partial charge in [-0.15, -0.1) is 0 Å². The van der Waals surface area contributed by atoms with Crippen molar-refractivity contribution in [1.29, 1.82) is 5.26 Å². The number of methoxy groups -OCH3 is 1. The molecule has 0 saturated carbocycles. The van der Waals surface area contributed by atoms with Gasteiger partial charge in [0.05, 0.1) is 24.7 Å². The molecule has 0 heterocycles. The summed E-state index contributed by atoms with van der Waals surface area (Å²) in [7, 11) is 1.35. The highest BCUT2D eigenvalue weighted by molar-refractivity contribution is 6.31. The molecule has 3 nitrogen and oxygen atoms in total. The first-order chi connectivity index (χ1) is 8.39. The average molecular weight is 279 g/mol. The third kappa shape index (κ3) is 3.79. The molecule has 0 aliphatic heterocycles. The molecule has 7 heteroatoms. The molecule has 0 fully saturated rings. The Morgan fingerprint density at radius 1 is 1.50 bits per heavy atom. The zero-order valence-electron chi connectivity index (χ0n) is 9.38. The van der Waals surface area contributed by atoms with E-state index in [2.05, 4.69) is 5.32 Å². The molecule has 1 rings (SSSR count). The second-order valence-electron chi connectivity index (χ2n) is 3.41. The van der Waals surface area contributed by atoms with Gasteiger partial charge in [-0.2, -0.15) is 18.4 Å². The molecular weight excluding hydrogens is 269 g/mol. The molecule has 0 aliphatic rings. The van der Waals surface area contributed by atoms with Crippen molar-refractivity contribution in [2.24, 2.45) is 0 Å². The van der Waals surface area contributed by atoms with Gasteiger partial charge < -0.3 is 4.74 Å². The Bertz CT molecular complexity index is 457. The second-order valence-corrected chi connectivity index (χ2v) is 3.82. The summed E-state index contributed by atoms with van der Waals surface area (Å²) < 4.78 is 41.3. The van der Waals surface area contributed by atoms with Gasteiger partial charge in [-0.1, -0.05) is 17.7 Å². The number of ether oxygens (including phenoxy) is 1. The molecule has 98 valence electrons. The fraction of sp³-hybridized carbons (Fsp3) is 0.364. The zero-order valence-corrected chi connectivity index (χ0v) is 10.1. The predicted octanol–water partition coefficient (Wildman–Crippen LogP) is 3.07. The molecule has 0 radical (unpaired) electrons. The summed E-state index contributed by atoms with van der Waals surface area (Å²) in [5.74, 6) is 0.267. The molecule has 0 amide bonds. The van der Waals surface area contributed by atoms with Gasteiger partial charge in [0.2, 0.25) is 0 Å². The van der Waals surface area contributed by atoms with E-state index < -0.39 is 18.8 Å². The number of hydrogen-bond donors (Lipinski definition) is 1. The predicted molar refractivity (Wildman–Crippen MR) is 60.4 cm³/mol. The highest BCUT2D eigenvalue weighted by Gasteiger charge is 2.29. The molecule has 1 N–H and O–H groups in total. The standard InChI is InChI=1S/C11H10ClF3N2O/c1-18-9-4-2-3-7(12)10(9)8(5-16)17-6-11(13,14)15/h2-4,8,17H,6H2,1H3. The van der Waals surface area contributed by atoms with E-state index in [0.717, 1.165) is 0 Å². The van der Waals surface area contributed by atoms with Gasteiger partial charge >= 0.3 is 6.18 Å². The lowest BCUT2D eigenvalue weighted by molar-refractivity contribution is -0.125. The van der Waals surface area contributed by atoms with Crippen LogP contribution in [0.4, 0.5) is 13.2 Å². The summed E-state index contributed by atoms with van der Waals surface area (Å²) in [6.45, 7) is -1.28. The van der Waals surface area contributed by atoms with Crippen molar-refractivity contribution >= 4 is 11.6 Å². The maximum Gasteiger partial charge on any atom is 0.401 e. The number of halogens is 4. The van der Waals surface area contributed by atoms with Crippen LogP contribution in [-0.2, 0) is 0 Å². The Morgan fingerprint density at radius 3 is 2.67 bits per heavy atom. The van der Waals surface area contributed by atoms with E-state index in [9.17, 15) is 13.2 Å². The smallest absolute Gasteiger partial charge is 0.401 e. The van der Waals surface area contributed by atoms with E-state index in [1.165, 1.54) is 19.2 Å². The van der Waals surface area contributed by atoms with Gasteiger partial charge in [-0.3, -0.25) is 5.32 Å². The van der Waals surface area contributed by atoms with Crippen molar-refractivity contribution in [2.45, 2.75) is 12.2 Å². The fourth-order valence-corrected chi connectivity index (χ4v) is 1.68. The molecule has 1 unspecified atom stereocenters. The number of nitriles is 1. The largest absolute Gasteiger partial charge is 0.496 e. The average Bonchev–Trinajstić information content (AvgIpc) is 2.30. The van der Waals surface area contributed by atoms with Crippen molar-refractivity contribution in [3.8, 4) is 11.8 Å². The van der Waals surface area contributed by atoms with E-state index in [1.54, 1.807) is 12.1 Å². The van der Waals surface area contributed by atoms with E-state index in [-0.39, 0.29) is 16.3 Å². The molecule has 0 aliphatic carbocycles. The van der Waals surface area contributed by atoms with Gasteiger partial charge in [0.1, 0.15) is 11.8 Å². The Morgan fingerprint density at radius 2 is 2.17 bits per heavy atom. The summed E-state index contributed by atoms with van der Waals surface area (Å²) in [5.41, 5.74) is 0.202. The lowest BCUT2D eigenvalue weighted by atomic mass is 10.1. The van der Waals surface area contributed by atoms with Gasteiger partial charge in [0.15, 0.2) is 0 Å². The van der Waals surface area contributed by atoms with Crippen LogP contribution in [0.3, 0.4) is 0 Å². The van der Waals surface area contributed by atoms with Crippen LogP contribution >= 0.6 is 11.6 Å². The Balaban J connectivity index is 2.99. The van der Waals surface area contributed by atoms with Crippen molar-refractivity contribution < 1.29 is 17.9 Å². The van der Waals surface area contributed by atoms with Crippen LogP contribution in [0.1, 0.15) is 11.6 Å². The third-order valence-corrected chi connectivity index (χ3v) is 2.49. The Labute approximate surface area is 107 Å². The van der Waals surface area contributed by atoms with Crippen molar-refractivity contribution in [1.82, 2.24) is 5.32 Å². The van der Waals surface area contributed by atoms with Crippen molar-refractivity contribution in [3.05, 3.63) is 28.8 Å². The first kappa shape index (κ1) is 14.6. The van der Waals surface area contributed by atoms with Crippen molar-refractivity contribution in [3.63, 3.8) is 0 Å². The van der Waals surface area contributed by atoms with Gasteiger partial charge in [0, 0.05) is 5.56 Å². The van der Waals surface area contributed by atoms with Crippen LogP contribution in [0.25, 0.3) is 0 Å². The van der Waals surface area contributed by atoms with Gasteiger partial charge in [0.25, 0.3) is 0 Å². The summed E-state index contributed by atoms with van der Waals surface area (Å²) in [6.07, 6.45) is -4.40. The number of hydrogen-bond acceptors (Lipinski definition) is 3. The third-order valence-electron chi connectivity index (χ3n) is 2.16. The fourth-order valence-electron chi connectivity index (χ4n) is 1.41. The molecule has 0 saturated heterocycles. The summed E-state index contributed by atoms with van der Waals surface area (Å²) in [5, 5.41) is 11.2. The van der Waals surface area contributed by atoms with Crippen LogP contribution < -0.4 is 10.1 Å². The second kappa shape index (κ2) is 5.94. The normalized spacial score (nSPS) is 12.9. The van der Waals surface area contributed by atoms with Crippen LogP contribution in [0.2, 0.25) is 5.02 Å².